The summed E-state index contributed by atoms with van der Waals surface area (Å²) in [4.78, 5) is 25.7. The highest BCUT2D eigenvalue weighted by atomic mass is 35.5. The van der Waals surface area contributed by atoms with E-state index in [9.17, 15) is 9.59 Å². The van der Waals surface area contributed by atoms with Crippen LogP contribution in [0.4, 0.5) is 5.69 Å². The van der Waals surface area contributed by atoms with Gasteiger partial charge in [-0.3, -0.25) is 9.59 Å². The van der Waals surface area contributed by atoms with Gasteiger partial charge < -0.3 is 9.88 Å². The number of ketones is 1. The quantitative estimate of drug-likeness (QED) is 0.238. The Morgan fingerprint density at radius 2 is 1.58 bits per heavy atom. The predicted octanol–water partition coefficient (Wildman–Crippen LogP) is 7.12. The lowest BCUT2D eigenvalue weighted by Crippen LogP contribution is -2.23. The number of hydrogen-bond donors (Lipinski definition) is 1. The molecule has 0 aliphatic rings. The molecule has 0 saturated carbocycles. The second-order valence-corrected chi connectivity index (χ2v) is 8.44. The Morgan fingerprint density at radius 1 is 0.839 bits per heavy atom. The van der Waals surface area contributed by atoms with Crippen LogP contribution in [-0.2, 0) is 11.3 Å². The van der Waals surface area contributed by atoms with E-state index >= 15 is 0 Å². The van der Waals surface area contributed by atoms with Gasteiger partial charge in [0.05, 0.1) is 17.6 Å². The second-order valence-electron chi connectivity index (χ2n) is 6.80. The Balaban J connectivity index is 1.73. The fourth-order valence-electron chi connectivity index (χ4n) is 3.33. The molecule has 0 aliphatic carbocycles. The van der Waals surface area contributed by atoms with E-state index in [0.29, 0.717) is 38.2 Å². The van der Waals surface area contributed by atoms with Gasteiger partial charge in [0.15, 0.2) is 0 Å². The van der Waals surface area contributed by atoms with Crippen LogP contribution in [0.5, 0.6) is 0 Å². The first kappa shape index (κ1) is 21.7. The van der Waals surface area contributed by atoms with Crippen LogP contribution in [0.15, 0.2) is 66.7 Å². The van der Waals surface area contributed by atoms with E-state index in [1.807, 2.05) is 12.1 Å². The summed E-state index contributed by atoms with van der Waals surface area (Å²) >= 11 is 24.9. The first-order valence-electron chi connectivity index (χ1n) is 9.17. The maximum absolute atomic E-state index is 13.1. The van der Waals surface area contributed by atoms with Gasteiger partial charge in [-0.25, -0.2) is 0 Å². The lowest BCUT2D eigenvalue weighted by atomic mass is 10.1. The number of nitrogens with one attached hydrogen (secondary N) is 1. The average Bonchev–Trinajstić information content (AvgIpc) is 3.01. The van der Waals surface area contributed by atoms with Gasteiger partial charge in [0.2, 0.25) is 0 Å². The van der Waals surface area contributed by atoms with Gasteiger partial charge in [-0.05, 0) is 42.0 Å². The van der Waals surface area contributed by atoms with Gasteiger partial charge in [-0.2, -0.15) is 0 Å². The summed E-state index contributed by atoms with van der Waals surface area (Å²) in [6.07, 6.45) is 0. The molecule has 1 aromatic heterocycles. The predicted molar refractivity (Wildman–Crippen MR) is 127 cm³/mol. The summed E-state index contributed by atoms with van der Waals surface area (Å²) < 4.78 is 1.74. The van der Waals surface area contributed by atoms with Crippen molar-refractivity contribution < 1.29 is 9.59 Å². The molecule has 4 nitrogen and oxygen atoms in total. The molecule has 3 aromatic carbocycles. The SMILES string of the molecule is O=C(Nc1cccc(Cl)c1)C(=O)c1c(Cl)n(Cc2ccc(Cl)cc2Cl)c2ccccc12. The van der Waals surface area contributed by atoms with Crippen LogP contribution < -0.4 is 5.32 Å². The second kappa shape index (κ2) is 8.93. The van der Waals surface area contributed by atoms with E-state index in [-0.39, 0.29) is 10.7 Å². The van der Waals surface area contributed by atoms with Gasteiger partial charge >= 0.3 is 0 Å². The number of halogens is 4. The Kier molecular flexibility index (Phi) is 6.26. The van der Waals surface area contributed by atoms with E-state index in [1.165, 1.54) is 0 Å². The van der Waals surface area contributed by atoms with Crippen molar-refractivity contribution >= 4 is 74.7 Å². The largest absolute Gasteiger partial charge is 0.326 e. The maximum Gasteiger partial charge on any atom is 0.296 e. The molecule has 0 fully saturated rings. The number of anilines is 1. The van der Waals surface area contributed by atoms with Crippen LogP contribution >= 0.6 is 46.4 Å². The molecule has 0 spiro atoms. The standard InChI is InChI=1S/C23H14Cl4N2O2/c24-14-4-3-5-16(10-14)28-23(31)21(30)20-17-6-1-2-7-19(17)29(22(20)27)12-13-8-9-15(25)11-18(13)26/h1-11H,12H2,(H,28,31). The van der Waals surface area contributed by atoms with E-state index in [4.69, 9.17) is 46.4 Å². The highest BCUT2D eigenvalue weighted by Crippen LogP contribution is 2.33. The molecule has 1 N–H and O–H groups in total. The van der Waals surface area contributed by atoms with Crippen LogP contribution in [0.2, 0.25) is 20.2 Å². The van der Waals surface area contributed by atoms with Crippen molar-refractivity contribution in [1.29, 1.82) is 0 Å². The Bertz CT molecular complexity index is 1330. The minimum absolute atomic E-state index is 0.127. The third-order valence-electron chi connectivity index (χ3n) is 4.77. The van der Waals surface area contributed by atoms with E-state index < -0.39 is 11.7 Å². The molecule has 4 rings (SSSR count). The molecule has 1 amide bonds. The molecule has 0 atom stereocenters. The summed E-state index contributed by atoms with van der Waals surface area (Å²) in [6.45, 7) is 0.304. The number of aromatic nitrogens is 1. The Hall–Kier alpha value is -2.50. The molecule has 0 aliphatic heterocycles. The Morgan fingerprint density at radius 3 is 2.32 bits per heavy atom. The zero-order valence-electron chi connectivity index (χ0n) is 15.8. The number of fused-ring (bicyclic) bond motifs is 1. The van der Waals surface area contributed by atoms with Crippen LogP contribution in [0.3, 0.4) is 0 Å². The normalized spacial score (nSPS) is 11.0. The van der Waals surface area contributed by atoms with Gasteiger partial charge in [-0.1, -0.05) is 76.7 Å². The van der Waals surface area contributed by atoms with E-state index in [0.717, 1.165) is 5.56 Å². The number of amides is 1. The van der Waals surface area contributed by atoms with E-state index in [2.05, 4.69) is 5.32 Å². The number of hydrogen-bond acceptors (Lipinski definition) is 2. The third kappa shape index (κ3) is 4.43. The molecule has 31 heavy (non-hydrogen) atoms. The highest BCUT2D eigenvalue weighted by Gasteiger charge is 2.26. The van der Waals surface area contributed by atoms with Gasteiger partial charge in [0.1, 0.15) is 5.15 Å². The fourth-order valence-corrected chi connectivity index (χ4v) is 4.33. The summed E-state index contributed by atoms with van der Waals surface area (Å²) in [5, 5.41) is 4.74. The summed E-state index contributed by atoms with van der Waals surface area (Å²) in [6, 6.07) is 18.9. The molecule has 0 unspecified atom stereocenters. The van der Waals surface area contributed by atoms with Gasteiger partial charge in [0.25, 0.3) is 11.7 Å². The van der Waals surface area contributed by atoms with E-state index in [1.54, 1.807) is 59.2 Å². The Labute approximate surface area is 198 Å². The van der Waals surface area contributed by atoms with Crippen molar-refractivity contribution in [2.45, 2.75) is 6.54 Å². The number of rotatable bonds is 5. The lowest BCUT2D eigenvalue weighted by Gasteiger charge is -2.10. The van der Waals surface area contributed by atoms with Crippen molar-refractivity contribution in [3.05, 3.63) is 98.1 Å². The fraction of sp³-hybridized carbons (Fsp3) is 0.0435. The number of carbonyl (C=O) groups excluding carboxylic acids is 2. The maximum atomic E-state index is 13.1. The molecule has 1 heterocycles. The van der Waals surface area contributed by atoms with Crippen LogP contribution in [0.25, 0.3) is 10.9 Å². The van der Waals surface area contributed by atoms with Crippen molar-refractivity contribution in [2.24, 2.45) is 0 Å². The number of Topliss-reactive ketones (excluding diaryl/α,β-unsaturated/α-hetero) is 1. The average molecular weight is 492 g/mol. The van der Waals surface area contributed by atoms with Gasteiger partial charge in [0, 0.05) is 26.1 Å². The van der Waals surface area contributed by atoms with Crippen LogP contribution in [0.1, 0.15) is 15.9 Å². The first-order valence-corrected chi connectivity index (χ1v) is 10.7. The number of benzene rings is 3. The third-order valence-corrected chi connectivity index (χ3v) is 5.98. The van der Waals surface area contributed by atoms with Crippen molar-refractivity contribution in [3.8, 4) is 0 Å². The topological polar surface area (TPSA) is 51.1 Å². The molecular formula is C23H14Cl4N2O2. The summed E-state index contributed by atoms with van der Waals surface area (Å²) in [5.74, 6) is -1.56. The number of nitrogens with zero attached hydrogens (tertiary/aromatic N) is 1. The number of carbonyl (C=O) groups is 2. The van der Waals surface area contributed by atoms with Crippen LogP contribution in [-0.4, -0.2) is 16.3 Å². The zero-order chi connectivity index (χ0) is 22.1. The van der Waals surface area contributed by atoms with Gasteiger partial charge in [-0.15, -0.1) is 0 Å². The minimum atomic E-state index is -0.809. The first-order chi connectivity index (χ1) is 14.8. The van der Waals surface area contributed by atoms with Crippen molar-refractivity contribution in [2.75, 3.05) is 5.32 Å². The molecule has 0 saturated heterocycles. The highest BCUT2D eigenvalue weighted by molar-refractivity contribution is 6.52. The monoisotopic (exact) mass is 490 g/mol. The zero-order valence-corrected chi connectivity index (χ0v) is 18.9. The molecular weight excluding hydrogens is 478 g/mol. The summed E-state index contributed by atoms with van der Waals surface area (Å²) in [5.41, 5.74) is 2.02. The molecule has 4 aromatic rings. The minimum Gasteiger partial charge on any atom is -0.326 e. The summed E-state index contributed by atoms with van der Waals surface area (Å²) in [7, 11) is 0. The lowest BCUT2D eigenvalue weighted by molar-refractivity contribution is -0.112. The molecule has 156 valence electrons. The molecule has 0 radical (unpaired) electrons. The smallest absolute Gasteiger partial charge is 0.296 e. The van der Waals surface area contributed by atoms with Crippen molar-refractivity contribution in [1.82, 2.24) is 4.57 Å². The number of para-hydroxylation sites is 1. The van der Waals surface area contributed by atoms with Crippen LogP contribution in [0, 0.1) is 0 Å². The van der Waals surface area contributed by atoms with Crippen molar-refractivity contribution in [3.63, 3.8) is 0 Å². The molecule has 0 bridgehead atoms. The molecule has 8 heteroatoms.